The monoisotopic (exact) mass is 392 g/mol. The van der Waals surface area contributed by atoms with Gasteiger partial charge in [-0.2, -0.15) is 0 Å². The lowest BCUT2D eigenvalue weighted by molar-refractivity contribution is -0.154. The van der Waals surface area contributed by atoms with Crippen molar-refractivity contribution in [3.05, 3.63) is 0 Å². The van der Waals surface area contributed by atoms with Gasteiger partial charge in [0, 0.05) is 6.42 Å². The third-order valence-corrected chi connectivity index (χ3v) is 4.69. The maximum absolute atomic E-state index is 13.3. The lowest BCUT2D eigenvalue weighted by atomic mass is 10.1. The van der Waals surface area contributed by atoms with Crippen molar-refractivity contribution < 1.29 is 31.5 Å². The lowest BCUT2D eigenvalue weighted by Gasteiger charge is -2.24. The van der Waals surface area contributed by atoms with E-state index >= 15 is 0 Å². The Morgan fingerprint density at radius 1 is 1.08 bits per heavy atom. The van der Waals surface area contributed by atoms with Crippen LogP contribution in [0.1, 0.15) is 66.2 Å². The SMILES string of the molecule is CCCCCC(SCCCC(F)(F)C(F)C(F)F)C(=O)OC(C)(C)C. The number of unbranched alkanes of at least 4 members (excludes halogenated alkanes) is 2. The number of carbonyl (C=O) groups excluding carboxylic acids is 1. The van der Waals surface area contributed by atoms with Crippen LogP contribution in [0.3, 0.4) is 0 Å². The van der Waals surface area contributed by atoms with Gasteiger partial charge in [-0.1, -0.05) is 26.2 Å². The van der Waals surface area contributed by atoms with Gasteiger partial charge < -0.3 is 4.74 Å². The summed E-state index contributed by atoms with van der Waals surface area (Å²) in [6, 6.07) is 0. The molecule has 0 aromatic carbocycles. The number of hydrogen-bond donors (Lipinski definition) is 0. The van der Waals surface area contributed by atoms with Crippen molar-refractivity contribution in [3.63, 3.8) is 0 Å². The van der Waals surface area contributed by atoms with Crippen LogP contribution >= 0.6 is 11.8 Å². The molecule has 8 heteroatoms. The van der Waals surface area contributed by atoms with E-state index in [0.717, 1.165) is 31.0 Å². The van der Waals surface area contributed by atoms with E-state index in [0.29, 0.717) is 6.42 Å². The third-order valence-electron chi connectivity index (χ3n) is 3.34. The van der Waals surface area contributed by atoms with Crippen LogP contribution in [-0.4, -0.2) is 41.1 Å². The highest BCUT2D eigenvalue weighted by atomic mass is 32.2. The zero-order valence-corrected chi connectivity index (χ0v) is 16.1. The first-order chi connectivity index (χ1) is 11.4. The summed E-state index contributed by atoms with van der Waals surface area (Å²) in [4.78, 5) is 12.2. The van der Waals surface area contributed by atoms with Gasteiger partial charge in [-0.15, -0.1) is 11.8 Å². The Hall–Kier alpha value is -0.530. The first-order valence-electron chi connectivity index (χ1n) is 8.55. The van der Waals surface area contributed by atoms with Gasteiger partial charge in [0.2, 0.25) is 6.17 Å². The molecule has 0 saturated heterocycles. The van der Waals surface area contributed by atoms with Crippen molar-refractivity contribution in [2.45, 2.75) is 95.6 Å². The molecule has 25 heavy (non-hydrogen) atoms. The summed E-state index contributed by atoms with van der Waals surface area (Å²) in [7, 11) is 0. The molecule has 0 saturated carbocycles. The van der Waals surface area contributed by atoms with E-state index in [4.69, 9.17) is 4.74 Å². The maximum Gasteiger partial charge on any atom is 0.319 e. The molecule has 0 aromatic rings. The molecular formula is C17H29F5O2S. The highest BCUT2D eigenvalue weighted by molar-refractivity contribution is 8.00. The lowest BCUT2D eigenvalue weighted by Crippen LogP contribution is -2.35. The highest BCUT2D eigenvalue weighted by Gasteiger charge is 2.45. The molecule has 0 heterocycles. The number of thioether (sulfide) groups is 1. The van der Waals surface area contributed by atoms with Crippen molar-refractivity contribution in [1.82, 2.24) is 0 Å². The zero-order valence-electron chi connectivity index (χ0n) is 15.3. The average molecular weight is 392 g/mol. The molecule has 0 radical (unpaired) electrons. The van der Waals surface area contributed by atoms with Crippen LogP contribution in [0, 0.1) is 0 Å². The molecule has 0 rings (SSSR count). The van der Waals surface area contributed by atoms with E-state index in [1.165, 1.54) is 0 Å². The topological polar surface area (TPSA) is 26.3 Å². The van der Waals surface area contributed by atoms with E-state index in [2.05, 4.69) is 0 Å². The average Bonchev–Trinajstić information content (AvgIpc) is 2.46. The standard InChI is InChI=1S/C17H29F5O2S/c1-5-6-7-9-12(15(23)24-16(2,3)4)25-11-8-10-17(21,22)13(18)14(19)20/h12-14H,5-11H2,1-4H3. The number of carbonyl (C=O) groups is 1. The van der Waals surface area contributed by atoms with Gasteiger partial charge in [-0.05, 0) is 39.4 Å². The third kappa shape index (κ3) is 10.9. The van der Waals surface area contributed by atoms with Crippen LogP contribution in [0.25, 0.3) is 0 Å². The predicted molar refractivity (Wildman–Crippen MR) is 91.3 cm³/mol. The van der Waals surface area contributed by atoms with E-state index in [-0.39, 0.29) is 12.2 Å². The summed E-state index contributed by atoms with van der Waals surface area (Å²) in [5, 5.41) is -0.490. The quantitative estimate of drug-likeness (QED) is 0.230. The van der Waals surface area contributed by atoms with Crippen LogP contribution in [0.2, 0.25) is 0 Å². The minimum atomic E-state index is -4.06. The Kier molecular flexibility index (Phi) is 11.0. The summed E-state index contributed by atoms with van der Waals surface area (Å²) >= 11 is 1.16. The number of alkyl halides is 5. The fourth-order valence-corrected chi connectivity index (χ4v) is 3.19. The van der Waals surface area contributed by atoms with E-state index in [1.807, 2.05) is 6.92 Å². The fourth-order valence-electron chi connectivity index (χ4n) is 2.07. The van der Waals surface area contributed by atoms with Crippen molar-refractivity contribution in [2.75, 3.05) is 5.75 Å². The number of esters is 1. The Morgan fingerprint density at radius 2 is 1.68 bits per heavy atom. The molecule has 0 aliphatic heterocycles. The normalized spacial score (nSPS) is 15.3. The molecule has 0 aliphatic rings. The van der Waals surface area contributed by atoms with E-state index < -0.39 is 41.8 Å². The largest absolute Gasteiger partial charge is 0.459 e. The minimum Gasteiger partial charge on any atom is -0.459 e. The molecule has 150 valence electrons. The Labute approximate surface area is 151 Å². The summed E-state index contributed by atoms with van der Waals surface area (Å²) in [5.41, 5.74) is -0.646. The molecule has 0 bridgehead atoms. The van der Waals surface area contributed by atoms with Crippen molar-refractivity contribution in [2.24, 2.45) is 0 Å². The molecule has 0 amide bonds. The molecule has 0 fully saturated rings. The van der Waals surface area contributed by atoms with Gasteiger partial charge in [-0.3, -0.25) is 4.79 Å². The summed E-state index contributed by atoms with van der Waals surface area (Å²) in [6.07, 6.45) is -5.00. The molecule has 2 atom stereocenters. The molecule has 0 aromatic heterocycles. The Morgan fingerprint density at radius 3 is 2.16 bits per heavy atom. The first-order valence-corrected chi connectivity index (χ1v) is 9.60. The molecule has 0 aliphatic carbocycles. The van der Waals surface area contributed by atoms with Crippen LogP contribution in [0.4, 0.5) is 22.0 Å². The van der Waals surface area contributed by atoms with Gasteiger partial charge in [0.1, 0.15) is 10.9 Å². The molecular weight excluding hydrogens is 363 g/mol. The second kappa shape index (κ2) is 11.2. The number of halogens is 5. The number of rotatable bonds is 12. The summed E-state index contributed by atoms with van der Waals surface area (Å²) in [6.45, 7) is 7.24. The zero-order chi connectivity index (χ0) is 19.7. The highest BCUT2D eigenvalue weighted by Crippen LogP contribution is 2.32. The minimum absolute atomic E-state index is 0.154. The van der Waals surface area contributed by atoms with Gasteiger partial charge in [0.15, 0.2) is 0 Å². The Balaban J connectivity index is 4.49. The fraction of sp³-hybridized carbons (Fsp3) is 0.941. The second-order valence-electron chi connectivity index (χ2n) is 6.99. The second-order valence-corrected chi connectivity index (χ2v) is 8.30. The predicted octanol–water partition coefficient (Wildman–Crippen LogP) is 6.03. The number of ether oxygens (including phenoxy) is 1. The summed E-state index contributed by atoms with van der Waals surface area (Å²) < 4.78 is 68.8. The van der Waals surface area contributed by atoms with E-state index in [1.54, 1.807) is 20.8 Å². The van der Waals surface area contributed by atoms with Gasteiger partial charge in [-0.25, -0.2) is 22.0 Å². The number of hydrogen-bond acceptors (Lipinski definition) is 3. The molecule has 0 spiro atoms. The van der Waals surface area contributed by atoms with E-state index in [9.17, 15) is 26.7 Å². The van der Waals surface area contributed by atoms with Crippen LogP contribution < -0.4 is 0 Å². The van der Waals surface area contributed by atoms with Crippen molar-refractivity contribution >= 4 is 17.7 Å². The Bertz CT molecular complexity index is 386. The molecule has 2 unspecified atom stereocenters. The van der Waals surface area contributed by atoms with Crippen LogP contribution in [-0.2, 0) is 9.53 Å². The van der Waals surface area contributed by atoms with Crippen LogP contribution in [0.15, 0.2) is 0 Å². The summed E-state index contributed by atoms with van der Waals surface area (Å²) in [5.74, 6) is -4.31. The van der Waals surface area contributed by atoms with Crippen LogP contribution in [0.5, 0.6) is 0 Å². The first kappa shape index (κ1) is 24.5. The molecule has 2 nitrogen and oxygen atoms in total. The smallest absolute Gasteiger partial charge is 0.319 e. The van der Waals surface area contributed by atoms with Gasteiger partial charge in [0.05, 0.1) is 0 Å². The molecule has 0 N–H and O–H groups in total. The van der Waals surface area contributed by atoms with Gasteiger partial charge >= 0.3 is 5.97 Å². The van der Waals surface area contributed by atoms with Gasteiger partial charge in [0.25, 0.3) is 12.3 Å². The maximum atomic E-state index is 13.3. The van der Waals surface area contributed by atoms with Crippen molar-refractivity contribution in [3.8, 4) is 0 Å². The van der Waals surface area contributed by atoms with Crippen molar-refractivity contribution in [1.29, 1.82) is 0 Å².